The third-order valence-corrected chi connectivity index (χ3v) is 1.91. The second kappa shape index (κ2) is 5.58. The quantitative estimate of drug-likeness (QED) is 0.736. The highest BCUT2D eigenvalue weighted by Crippen LogP contribution is 2.19. The van der Waals surface area contributed by atoms with Crippen LogP contribution in [0.2, 0.25) is 0 Å². The van der Waals surface area contributed by atoms with Crippen LogP contribution in [0.15, 0.2) is 0 Å². The second-order valence-electron chi connectivity index (χ2n) is 4.28. The molecule has 0 saturated heterocycles. The smallest absolute Gasteiger partial charge is 0.407 e. The Labute approximate surface area is 90.6 Å². The van der Waals surface area contributed by atoms with Gasteiger partial charge in [-0.1, -0.05) is 20.8 Å². The molecule has 0 rings (SSSR count). The van der Waals surface area contributed by atoms with E-state index in [0.29, 0.717) is 0 Å². The van der Waals surface area contributed by atoms with Crippen molar-refractivity contribution >= 4 is 12.0 Å². The number of alkyl carbamates (subject to hydrolysis) is 1. The number of ether oxygens (including phenoxy) is 1. The Morgan fingerprint density at radius 2 is 1.87 bits per heavy atom. The number of carbonyl (C=O) groups is 2. The number of hydrogen-bond acceptors (Lipinski definition) is 3. The number of nitrogens with one attached hydrogen (secondary N) is 2. The lowest BCUT2D eigenvalue weighted by Crippen LogP contribution is -2.52. The minimum atomic E-state index is -0.596. The highest BCUT2D eigenvalue weighted by Gasteiger charge is 2.32. The van der Waals surface area contributed by atoms with Crippen LogP contribution in [-0.2, 0) is 9.53 Å². The third kappa shape index (κ3) is 4.67. The van der Waals surface area contributed by atoms with Gasteiger partial charge in [-0.25, -0.2) is 4.79 Å². The van der Waals surface area contributed by atoms with Gasteiger partial charge in [0, 0.05) is 7.05 Å². The summed E-state index contributed by atoms with van der Waals surface area (Å²) in [4.78, 5) is 22.7. The summed E-state index contributed by atoms with van der Waals surface area (Å²) in [5.74, 6) is -0.226. The molecule has 0 fully saturated rings. The van der Waals surface area contributed by atoms with Gasteiger partial charge in [-0.15, -0.1) is 0 Å². The summed E-state index contributed by atoms with van der Waals surface area (Å²) in [6.45, 7) is 7.62. The van der Waals surface area contributed by atoms with Crippen molar-refractivity contribution in [2.24, 2.45) is 5.41 Å². The lowest BCUT2D eigenvalue weighted by atomic mass is 9.86. The van der Waals surface area contributed by atoms with E-state index in [-0.39, 0.29) is 17.9 Å². The fourth-order valence-electron chi connectivity index (χ4n) is 1.11. The summed E-state index contributed by atoms with van der Waals surface area (Å²) in [6, 6.07) is -0.596. The van der Waals surface area contributed by atoms with E-state index in [0.717, 1.165) is 0 Å². The van der Waals surface area contributed by atoms with Crippen LogP contribution in [0.25, 0.3) is 0 Å². The van der Waals surface area contributed by atoms with Gasteiger partial charge in [-0.05, 0) is 12.3 Å². The predicted octanol–water partition coefficient (Wildman–Crippen LogP) is 0.893. The minimum absolute atomic E-state index is 0.226. The van der Waals surface area contributed by atoms with Crippen LogP contribution in [0.3, 0.4) is 0 Å². The summed E-state index contributed by atoms with van der Waals surface area (Å²) in [7, 11) is 1.54. The van der Waals surface area contributed by atoms with Gasteiger partial charge in [0.05, 0.1) is 6.61 Å². The molecule has 5 heteroatoms. The highest BCUT2D eigenvalue weighted by atomic mass is 16.5. The van der Waals surface area contributed by atoms with Crippen LogP contribution in [0.1, 0.15) is 27.7 Å². The van der Waals surface area contributed by atoms with Crippen LogP contribution >= 0.6 is 0 Å². The highest BCUT2D eigenvalue weighted by molar-refractivity contribution is 5.86. The fraction of sp³-hybridized carbons (Fsp3) is 0.800. The monoisotopic (exact) mass is 216 g/mol. The number of amides is 2. The van der Waals surface area contributed by atoms with Crippen LogP contribution in [0.5, 0.6) is 0 Å². The van der Waals surface area contributed by atoms with Crippen molar-refractivity contribution in [1.82, 2.24) is 10.6 Å². The molecule has 5 nitrogen and oxygen atoms in total. The van der Waals surface area contributed by atoms with Gasteiger partial charge in [-0.2, -0.15) is 0 Å². The molecule has 0 saturated carbocycles. The molecule has 0 radical (unpaired) electrons. The zero-order chi connectivity index (χ0) is 12.1. The van der Waals surface area contributed by atoms with E-state index < -0.39 is 12.1 Å². The first-order valence-electron chi connectivity index (χ1n) is 4.97. The molecule has 0 aromatic rings. The Kier molecular flexibility index (Phi) is 5.11. The standard InChI is InChI=1S/C10H20N2O3/c1-6-15-9(14)12-7(8(13)11-5)10(2,3)4/h7H,6H2,1-5H3,(H,11,13)(H,12,14). The normalized spacial score (nSPS) is 12.9. The van der Waals surface area contributed by atoms with Gasteiger partial charge in [0.2, 0.25) is 5.91 Å². The van der Waals surface area contributed by atoms with Gasteiger partial charge in [0.15, 0.2) is 0 Å². The summed E-state index contributed by atoms with van der Waals surface area (Å²) >= 11 is 0. The maximum Gasteiger partial charge on any atom is 0.407 e. The number of hydrogen-bond donors (Lipinski definition) is 2. The van der Waals surface area contributed by atoms with Gasteiger partial charge >= 0.3 is 6.09 Å². The molecular weight excluding hydrogens is 196 g/mol. The second-order valence-corrected chi connectivity index (χ2v) is 4.28. The van der Waals surface area contributed by atoms with E-state index >= 15 is 0 Å². The molecule has 2 amide bonds. The van der Waals surface area contributed by atoms with Crippen LogP contribution in [0, 0.1) is 5.41 Å². The maximum atomic E-state index is 11.5. The zero-order valence-corrected chi connectivity index (χ0v) is 10.0. The molecule has 0 bridgehead atoms. The van der Waals surface area contributed by atoms with E-state index in [4.69, 9.17) is 4.74 Å². The van der Waals surface area contributed by atoms with Crippen LogP contribution < -0.4 is 10.6 Å². The molecule has 0 spiro atoms. The Morgan fingerprint density at radius 1 is 1.33 bits per heavy atom. The topological polar surface area (TPSA) is 67.4 Å². The van der Waals surface area contributed by atoms with Gasteiger partial charge < -0.3 is 15.4 Å². The Hall–Kier alpha value is -1.26. The van der Waals surface area contributed by atoms with E-state index in [1.807, 2.05) is 20.8 Å². The third-order valence-electron chi connectivity index (χ3n) is 1.91. The number of carbonyl (C=O) groups excluding carboxylic acids is 2. The zero-order valence-electron chi connectivity index (χ0n) is 10.0. The molecule has 0 aliphatic heterocycles. The number of likely N-dealkylation sites (N-methyl/N-ethyl adjacent to an activating group) is 1. The average molecular weight is 216 g/mol. The van der Waals surface area contributed by atoms with Crippen molar-refractivity contribution < 1.29 is 14.3 Å². The summed E-state index contributed by atoms with van der Waals surface area (Å²) in [6.07, 6.45) is -0.568. The van der Waals surface area contributed by atoms with E-state index in [9.17, 15) is 9.59 Å². The van der Waals surface area contributed by atoms with Crippen molar-refractivity contribution in [3.05, 3.63) is 0 Å². The molecule has 0 aromatic heterocycles. The molecular formula is C10H20N2O3. The van der Waals surface area contributed by atoms with Crippen molar-refractivity contribution in [3.8, 4) is 0 Å². The van der Waals surface area contributed by atoms with E-state index in [1.54, 1.807) is 6.92 Å². The SMILES string of the molecule is CCOC(=O)NC(C(=O)NC)C(C)(C)C. The minimum Gasteiger partial charge on any atom is -0.450 e. The molecule has 1 unspecified atom stereocenters. The number of rotatable bonds is 3. The van der Waals surface area contributed by atoms with Crippen molar-refractivity contribution in [2.75, 3.05) is 13.7 Å². The average Bonchev–Trinajstić information content (AvgIpc) is 2.12. The molecule has 0 aliphatic rings. The van der Waals surface area contributed by atoms with Crippen molar-refractivity contribution in [1.29, 1.82) is 0 Å². The van der Waals surface area contributed by atoms with E-state index in [2.05, 4.69) is 10.6 Å². The lowest BCUT2D eigenvalue weighted by molar-refractivity contribution is -0.124. The van der Waals surface area contributed by atoms with E-state index in [1.165, 1.54) is 7.05 Å². The fourth-order valence-corrected chi connectivity index (χ4v) is 1.11. The Morgan fingerprint density at radius 3 is 2.20 bits per heavy atom. The van der Waals surface area contributed by atoms with Crippen molar-refractivity contribution in [2.45, 2.75) is 33.7 Å². The molecule has 1 atom stereocenters. The summed E-state index contributed by atoms with van der Waals surface area (Å²) < 4.78 is 4.73. The summed E-state index contributed by atoms with van der Waals surface area (Å²) in [5, 5.41) is 5.05. The maximum absolute atomic E-state index is 11.5. The first kappa shape index (κ1) is 13.7. The van der Waals surface area contributed by atoms with Crippen LogP contribution in [0.4, 0.5) is 4.79 Å². The van der Waals surface area contributed by atoms with Gasteiger partial charge in [0.25, 0.3) is 0 Å². The molecule has 2 N–H and O–H groups in total. The first-order valence-corrected chi connectivity index (χ1v) is 4.97. The molecule has 15 heavy (non-hydrogen) atoms. The van der Waals surface area contributed by atoms with Crippen molar-refractivity contribution in [3.63, 3.8) is 0 Å². The molecule has 0 aliphatic carbocycles. The van der Waals surface area contributed by atoms with Gasteiger partial charge in [-0.3, -0.25) is 4.79 Å². The molecule has 0 heterocycles. The van der Waals surface area contributed by atoms with Crippen LogP contribution in [-0.4, -0.2) is 31.7 Å². The Balaban J connectivity index is 4.53. The predicted molar refractivity (Wildman–Crippen MR) is 57.5 cm³/mol. The molecule has 88 valence electrons. The Bertz CT molecular complexity index is 233. The first-order chi connectivity index (χ1) is 6.82. The largest absolute Gasteiger partial charge is 0.450 e. The molecule has 0 aromatic carbocycles. The van der Waals surface area contributed by atoms with Gasteiger partial charge in [0.1, 0.15) is 6.04 Å². The lowest BCUT2D eigenvalue weighted by Gasteiger charge is -2.29. The summed E-state index contributed by atoms with van der Waals surface area (Å²) in [5.41, 5.74) is -0.354.